The summed E-state index contributed by atoms with van der Waals surface area (Å²) in [5.41, 5.74) is 1.25. The number of hydrogen-bond donors (Lipinski definition) is 1. The second-order valence-electron chi connectivity index (χ2n) is 4.01. The van der Waals surface area contributed by atoms with E-state index in [9.17, 15) is 5.11 Å². The van der Waals surface area contributed by atoms with Gasteiger partial charge in [-0.2, -0.15) is 0 Å². The van der Waals surface area contributed by atoms with Crippen molar-refractivity contribution in [1.29, 1.82) is 0 Å². The van der Waals surface area contributed by atoms with Crippen LogP contribution < -0.4 is 0 Å². The molecule has 14 heavy (non-hydrogen) atoms. The molecule has 78 valence electrons. The first-order valence-electron chi connectivity index (χ1n) is 5.51. The highest BCUT2D eigenvalue weighted by Crippen LogP contribution is 2.28. The standard InChI is InChI=1S/C11H20BNO/c1-3-13-9(2)4-5-10(13)6-7-11(14)8-12/h10-11,14H,2-8H2,1H3/t10-,11?/m1/s1. The van der Waals surface area contributed by atoms with E-state index in [2.05, 4.69) is 18.4 Å². The van der Waals surface area contributed by atoms with Crippen LogP contribution in [-0.4, -0.2) is 36.5 Å². The first-order valence-corrected chi connectivity index (χ1v) is 5.51. The van der Waals surface area contributed by atoms with Crippen LogP contribution in [0.25, 0.3) is 0 Å². The molecule has 1 rings (SSSR count). The fraction of sp³-hybridized carbons (Fsp3) is 0.818. The fourth-order valence-electron chi connectivity index (χ4n) is 2.18. The van der Waals surface area contributed by atoms with E-state index in [1.54, 1.807) is 0 Å². The lowest BCUT2D eigenvalue weighted by Crippen LogP contribution is -2.28. The number of rotatable bonds is 5. The lowest BCUT2D eigenvalue weighted by Gasteiger charge is -2.26. The predicted octanol–water partition coefficient (Wildman–Crippen LogP) is 1.71. The van der Waals surface area contributed by atoms with Crippen LogP contribution in [-0.2, 0) is 0 Å². The highest BCUT2D eigenvalue weighted by atomic mass is 16.3. The Morgan fingerprint density at radius 1 is 1.71 bits per heavy atom. The van der Waals surface area contributed by atoms with Crippen LogP contribution in [0.3, 0.4) is 0 Å². The number of likely N-dealkylation sites (tertiary alicyclic amines) is 1. The first kappa shape index (κ1) is 11.6. The van der Waals surface area contributed by atoms with E-state index in [4.69, 9.17) is 7.85 Å². The highest BCUT2D eigenvalue weighted by Gasteiger charge is 2.25. The molecule has 1 fully saturated rings. The summed E-state index contributed by atoms with van der Waals surface area (Å²) in [5, 5.41) is 9.38. The molecule has 0 aromatic carbocycles. The maximum Gasteiger partial charge on any atom is 0.0687 e. The summed E-state index contributed by atoms with van der Waals surface area (Å²) in [5.74, 6) is 0. The Labute approximate surface area is 88.4 Å². The molecule has 1 aliphatic heterocycles. The summed E-state index contributed by atoms with van der Waals surface area (Å²) in [7, 11) is 5.37. The minimum atomic E-state index is -0.331. The summed E-state index contributed by atoms with van der Waals surface area (Å²) in [6.45, 7) is 7.23. The molecule has 0 spiro atoms. The average Bonchev–Trinajstić information content (AvgIpc) is 2.55. The van der Waals surface area contributed by atoms with Crippen LogP contribution in [0.2, 0.25) is 6.32 Å². The van der Waals surface area contributed by atoms with E-state index in [0.717, 1.165) is 25.8 Å². The van der Waals surface area contributed by atoms with Gasteiger partial charge < -0.3 is 10.0 Å². The molecule has 2 atom stereocenters. The Bertz CT molecular complexity index is 196. The first-order chi connectivity index (χ1) is 6.69. The van der Waals surface area contributed by atoms with Crippen molar-refractivity contribution in [1.82, 2.24) is 4.90 Å². The number of allylic oxidation sites excluding steroid dienone is 1. The molecule has 0 saturated carbocycles. The smallest absolute Gasteiger partial charge is 0.0687 e. The molecule has 1 aliphatic rings. The Morgan fingerprint density at radius 2 is 2.43 bits per heavy atom. The topological polar surface area (TPSA) is 23.5 Å². The van der Waals surface area contributed by atoms with Gasteiger partial charge in [-0.1, -0.05) is 12.9 Å². The largest absolute Gasteiger partial charge is 0.394 e. The highest BCUT2D eigenvalue weighted by molar-refractivity contribution is 6.08. The molecular weight excluding hydrogens is 173 g/mol. The zero-order valence-electron chi connectivity index (χ0n) is 9.08. The minimum absolute atomic E-state index is 0.331. The molecule has 0 amide bonds. The number of hydrogen-bond acceptors (Lipinski definition) is 2. The van der Waals surface area contributed by atoms with Gasteiger partial charge in [-0.15, -0.1) is 0 Å². The maximum atomic E-state index is 9.38. The van der Waals surface area contributed by atoms with Crippen molar-refractivity contribution in [3.05, 3.63) is 12.3 Å². The fourth-order valence-corrected chi connectivity index (χ4v) is 2.18. The van der Waals surface area contributed by atoms with Gasteiger partial charge in [0.25, 0.3) is 0 Å². The molecule has 2 radical (unpaired) electrons. The van der Waals surface area contributed by atoms with E-state index in [1.165, 1.54) is 12.1 Å². The number of nitrogens with zero attached hydrogens (tertiary/aromatic N) is 1. The van der Waals surface area contributed by atoms with E-state index < -0.39 is 0 Å². The van der Waals surface area contributed by atoms with Gasteiger partial charge >= 0.3 is 0 Å². The molecule has 0 aromatic rings. The molecule has 1 unspecified atom stereocenters. The third-order valence-corrected chi connectivity index (χ3v) is 3.06. The van der Waals surface area contributed by atoms with Crippen molar-refractivity contribution < 1.29 is 5.11 Å². The lowest BCUT2D eigenvalue weighted by molar-refractivity contribution is 0.165. The monoisotopic (exact) mass is 193 g/mol. The van der Waals surface area contributed by atoms with Gasteiger partial charge in [0, 0.05) is 24.4 Å². The third-order valence-electron chi connectivity index (χ3n) is 3.06. The molecule has 0 aromatic heterocycles. The Balaban J connectivity index is 2.33. The van der Waals surface area contributed by atoms with Gasteiger partial charge in [0.05, 0.1) is 7.85 Å². The molecule has 1 saturated heterocycles. The minimum Gasteiger partial charge on any atom is -0.394 e. The summed E-state index contributed by atoms with van der Waals surface area (Å²) < 4.78 is 0. The van der Waals surface area contributed by atoms with Crippen molar-refractivity contribution in [2.75, 3.05) is 6.54 Å². The molecule has 2 nitrogen and oxygen atoms in total. The van der Waals surface area contributed by atoms with Crippen LogP contribution in [0.1, 0.15) is 32.6 Å². The van der Waals surface area contributed by atoms with Crippen LogP contribution in [0.15, 0.2) is 12.3 Å². The van der Waals surface area contributed by atoms with Crippen molar-refractivity contribution in [2.24, 2.45) is 0 Å². The molecule has 0 bridgehead atoms. The van der Waals surface area contributed by atoms with Crippen molar-refractivity contribution in [3.63, 3.8) is 0 Å². The van der Waals surface area contributed by atoms with Crippen molar-refractivity contribution in [2.45, 2.75) is 51.1 Å². The van der Waals surface area contributed by atoms with Crippen LogP contribution in [0.4, 0.5) is 0 Å². The van der Waals surface area contributed by atoms with Crippen LogP contribution >= 0.6 is 0 Å². The Kier molecular flexibility index (Phi) is 4.53. The number of aliphatic hydroxyl groups excluding tert-OH is 1. The molecule has 1 N–H and O–H groups in total. The number of aliphatic hydroxyl groups is 1. The summed E-state index contributed by atoms with van der Waals surface area (Å²) >= 11 is 0. The average molecular weight is 193 g/mol. The SMILES string of the molecule is [B]CC(O)CC[C@H]1CCC(=C)N1CC. The van der Waals surface area contributed by atoms with Gasteiger partial charge in [-0.05, 0) is 32.6 Å². The van der Waals surface area contributed by atoms with E-state index in [1.807, 2.05) is 0 Å². The third kappa shape index (κ3) is 2.78. The van der Waals surface area contributed by atoms with Crippen molar-refractivity contribution >= 4 is 7.85 Å². The van der Waals surface area contributed by atoms with Crippen LogP contribution in [0.5, 0.6) is 0 Å². The zero-order valence-corrected chi connectivity index (χ0v) is 9.08. The van der Waals surface area contributed by atoms with Gasteiger partial charge in [-0.25, -0.2) is 0 Å². The van der Waals surface area contributed by atoms with Gasteiger partial charge in [0.15, 0.2) is 0 Å². The van der Waals surface area contributed by atoms with Gasteiger partial charge in [0.1, 0.15) is 0 Å². The summed E-state index contributed by atoms with van der Waals surface area (Å²) in [4.78, 5) is 2.35. The molecule has 0 aliphatic carbocycles. The Hall–Kier alpha value is -0.435. The quantitative estimate of drug-likeness (QED) is 0.672. The van der Waals surface area contributed by atoms with Crippen molar-refractivity contribution in [3.8, 4) is 0 Å². The second kappa shape index (κ2) is 5.45. The molecule has 1 heterocycles. The normalized spacial score (nSPS) is 24.3. The second-order valence-corrected chi connectivity index (χ2v) is 4.01. The summed E-state index contributed by atoms with van der Waals surface area (Å²) in [6.07, 6.45) is 4.18. The van der Waals surface area contributed by atoms with E-state index in [-0.39, 0.29) is 6.10 Å². The maximum absolute atomic E-state index is 9.38. The van der Waals surface area contributed by atoms with Gasteiger partial charge in [-0.3, -0.25) is 0 Å². The Morgan fingerprint density at radius 3 is 3.00 bits per heavy atom. The summed E-state index contributed by atoms with van der Waals surface area (Å²) in [6, 6.07) is 0.577. The van der Waals surface area contributed by atoms with E-state index in [0.29, 0.717) is 12.4 Å². The van der Waals surface area contributed by atoms with Gasteiger partial charge in [0.2, 0.25) is 0 Å². The van der Waals surface area contributed by atoms with E-state index >= 15 is 0 Å². The molecule has 3 heteroatoms. The van der Waals surface area contributed by atoms with Crippen LogP contribution in [0, 0.1) is 0 Å². The lowest BCUT2D eigenvalue weighted by atomic mass is 9.94. The molecular formula is C11H20BNO. The predicted molar refractivity (Wildman–Crippen MR) is 60.3 cm³/mol. The zero-order chi connectivity index (χ0) is 10.6.